The molecule has 0 saturated carbocycles. The SMILES string of the molecule is CC1(C)C(=O)N(c2cc(F)ccc2F)C(=O)N1Cc1ccccc1CC1C=CC=CC1. The monoisotopic (exact) mass is 422 g/mol. The van der Waals surface area contributed by atoms with Crippen molar-refractivity contribution in [3.05, 3.63) is 89.5 Å². The number of benzene rings is 2. The molecule has 1 fully saturated rings. The van der Waals surface area contributed by atoms with Gasteiger partial charge in [-0.05, 0) is 55.9 Å². The van der Waals surface area contributed by atoms with E-state index in [4.69, 9.17) is 0 Å². The van der Waals surface area contributed by atoms with Crippen molar-refractivity contribution in [2.75, 3.05) is 4.90 Å². The maximum absolute atomic E-state index is 14.4. The third kappa shape index (κ3) is 3.90. The summed E-state index contributed by atoms with van der Waals surface area (Å²) in [4.78, 5) is 28.5. The van der Waals surface area contributed by atoms with E-state index in [1.807, 2.05) is 36.4 Å². The maximum Gasteiger partial charge on any atom is 0.332 e. The molecular weight excluding hydrogens is 398 g/mol. The Morgan fingerprint density at radius 1 is 1.03 bits per heavy atom. The minimum Gasteiger partial charge on any atom is -0.305 e. The highest BCUT2D eigenvalue weighted by molar-refractivity contribution is 6.23. The molecule has 31 heavy (non-hydrogen) atoms. The number of hydrogen-bond acceptors (Lipinski definition) is 2. The molecule has 1 heterocycles. The number of anilines is 1. The largest absolute Gasteiger partial charge is 0.332 e. The van der Waals surface area contributed by atoms with E-state index in [2.05, 4.69) is 12.2 Å². The molecule has 1 unspecified atom stereocenters. The van der Waals surface area contributed by atoms with Gasteiger partial charge in [-0.2, -0.15) is 0 Å². The summed E-state index contributed by atoms with van der Waals surface area (Å²) in [5.41, 5.74) is 0.467. The zero-order valence-corrected chi connectivity index (χ0v) is 17.5. The lowest BCUT2D eigenvalue weighted by Gasteiger charge is -2.29. The Labute approximate surface area is 180 Å². The summed E-state index contributed by atoms with van der Waals surface area (Å²) in [6.45, 7) is 3.46. The van der Waals surface area contributed by atoms with E-state index in [1.54, 1.807) is 13.8 Å². The first kappa shape index (κ1) is 21.0. The lowest BCUT2D eigenvalue weighted by Crippen LogP contribution is -2.43. The van der Waals surface area contributed by atoms with Crippen molar-refractivity contribution in [1.82, 2.24) is 4.90 Å². The number of nitrogens with zero attached hydrogens (tertiary/aromatic N) is 2. The number of amides is 3. The summed E-state index contributed by atoms with van der Waals surface area (Å²) in [5.74, 6) is -1.75. The van der Waals surface area contributed by atoms with E-state index in [-0.39, 0.29) is 12.2 Å². The zero-order chi connectivity index (χ0) is 22.2. The van der Waals surface area contributed by atoms with Crippen LogP contribution in [0.4, 0.5) is 19.3 Å². The number of hydrogen-bond donors (Lipinski definition) is 0. The fraction of sp³-hybridized carbons (Fsp3) is 0.280. The Hall–Kier alpha value is -3.28. The smallest absolute Gasteiger partial charge is 0.305 e. The predicted octanol–water partition coefficient (Wildman–Crippen LogP) is 5.39. The van der Waals surface area contributed by atoms with Crippen molar-refractivity contribution in [2.24, 2.45) is 5.92 Å². The maximum atomic E-state index is 14.4. The molecular formula is C25H24F2N2O2. The van der Waals surface area contributed by atoms with Gasteiger partial charge in [0.2, 0.25) is 0 Å². The normalized spacial score (nSPS) is 20.1. The first-order valence-corrected chi connectivity index (χ1v) is 10.3. The molecule has 1 aliphatic heterocycles. The fourth-order valence-electron chi connectivity index (χ4n) is 4.12. The lowest BCUT2D eigenvalue weighted by atomic mass is 9.90. The standard InChI is InChI=1S/C25H24F2N2O2/c1-25(2)23(30)29(22-15-20(26)12-13-21(22)27)24(31)28(25)16-19-11-7-6-10-18(19)14-17-8-4-3-5-9-17/h3-8,10-13,15,17H,9,14,16H2,1-2H3. The van der Waals surface area contributed by atoms with Crippen molar-refractivity contribution in [1.29, 1.82) is 0 Å². The zero-order valence-electron chi connectivity index (χ0n) is 17.5. The van der Waals surface area contributed by atoms with Crippen LogP contribution in [0.5, 0.6) is 0 Å². The average molecular weight is 422 g/mol. The van der Waals surface area contributed by atoms with Gasteiger partial charge in [-0.25, -0.2) is 18.5 Å². The molecule has 0 spiro atoms. The molecule has 3 amide bonds. The number of carbonyl (C=O) groups excluding carboxylic acids is 2. The molecule has 1 saturated heterocycles. The second-order valence-corrected chi connectivity index (χ2v) is 8.45. The van der Waals surface area contributed by atoms with Crippen molar-refractivity contribution >= 4 is 17.6 Å². The topological polar surface area (TPSA) is 40.6 Å². The third-order valence-electron chi connectivity index (χ3n) is 5.97. The van der Waals surface area contributed by atoms with Crippen LogP contribution in [0.2, 0.25) is 0 Å². The van der Waals surface area contributed by atoms with Crippen molar-refractivity contribution in [2.45, 2.75) is 38.8 Å². The molecule has 2 aromatic rings. The summed E-state index contributed by atoms with van der Waals surface area (Å²) < 4.78 is 28.1. The Morgan fingerprint density at radius 2 is 1.77 bits per heavy atom. The van der Waals surface area contributed by atoms with E-state index >= 15 is 0 Å². The number of imide groups is 1. The van der Waals surface area contributed by atoms with Gasteiger partial charge in [-0.3, -0.25) is 4.79 Å². The Kier molecular flexibility index (Phi) is 5.48. The van der Waals surface area contributed by atoms with Gasteiger partial charge < -0.3 is 4.90 Å². The molecule has 2 aromatic carbocycles. The lowest BCUT2D eigenvalue weighted by molar-refractivity contribution is -0.123. The van der Waals surface area contributed by atoms with E-state index < -0.39 is 29.1 Å². The van der Waals surface area contributed by atoms with E-state index in [9.17, 15) is 18.4 Å². The van der Waals surface area contributed by atoms with Crippen LogP contribution in [-0.2, 0) is 17.8 Å². The van der Waals surface area contributed by atoms with Gasteiger partial charge in [-0.15, -0.1) is 0 Å². The van der Waals surface area contributed by atoms with Gasteiger partial charge in [0.1, 0.15) is 17.2 Å². The molecule has 0 bridgehead atoms. The van der Waals surface area contributed by atoms with Gasteiger partial charge in [0, 0.05) is 12.6 Å². The van der Waals surface area contributed by atoms with Crippen LogP contribution < -0.4 is 4.90 Å². The van der Waals surface area contributed by atoms with E-state index in [0.717, 1.165) is 47.1 Å². The molecule has 6 heteroatoms. The molecule has 4 nitrogen and oxygen atoms in total. The van der Waals surface area contributed by atoms with Gasteiger partial charge in [-0.1, -0.05) is 48.6 Å². The van der Waals surface area contributed by atoms with Gasteiger partial charge in [0.15, 0.2) is 0 Å². The molecule has 2 aliphatic rings. The van der Waals surface area contributed by atoms with Crippen LogP contribution in [0, 0.1) is 17.6 Å². The quantitative estimate of drug-likeness (QED) is 0.607. The van der Waals surface area contributed by atoms with Crippen LogP contribution in [0.25, 0.3) is 0 Å². The Balaban J connectivity index is 1.64. The number of halogens is 2. The summed E-state index contributed by atoms with van der Waals surface area (Å²) in [6.07, 6.45) is 10.1. The van der Waals surface area contributed by atoms with Gasteiger partial charge in [0.25, 0.3) is 5.91 Å². The molecule has 1 atom stereocenters. The number of urea groups is 1. The van der Waals surface area contributed by atoms with Crippen LogP contribution in [-0.4, -0.2) is 22.4 Å². The van der Waals surface area contributed by atoms with Crippen LogP contribution in [0.15, 0.2) is 66.8 Å². The second kappa shape index (κ2) is 8.10. The van der Waals surface area contributed by atoms with Gasteiger partial charge in [0.05, 0.1) is 5.69 Å². The van der Waals surface area contributed by atoms with E-state index in [0.29, 0.717) is 5.92 Å². The average Bonchev–Trinajstić information content (AvgIpc) is 2.91. The summed E-state index contributed by atoms with van der Waals surface area (Å²) in [7, 11) is 0. The van der Waals surface area contributed by atoms with Crippen molar-refractivity contribution < 1.29 is 18.4 Å². The van der Waals surface area contributed by atoms with Crippen LogP contribution in [0.3, 0.4) is 0 Å². The number of allylic oxidation sites excluding steroid dienone is 4. The summed E-state index contributed by atoms with van der Waals surface area (Å²) >= 11 is 0. The minimum atomic E-state index is -1.20. The van der Waals surface area contributed by atoms with Gasteiger partial charge >= 0.3 is 6.03 Å². The highest BCUT2D eigenvalue weighted by atomic mass is 19.1. The van der Waals surface area contributed by atoms with Crippen molar-refractivity contribution in [3.63, 3.8) is 0 Å². The molecule has 0 aromatic heterocycles. The molecule has 160 valence electrons. The highest BCUT2D eigenvalue weighted by Gasteiger charge is 2.52. The third-order valence-corrected chi connectivity index (χ3v) is 5.97. The van der Waals surface area contributed by atoms with Crippen molar-refractivity contribution in [3.8, 4) is 0 Å². The molecule has 1 aliphatic carbocycles. The highest BCUT2D eigenvalue weighted by Crippen LogP contribution is 2.35. The molecule has 0 N–H and O–H groups in total. The number of rotatable bonds is 5. The first-order valence-electron chi connectivity index (χ1n) is 10.3. The van der Waals surface area contributed by atoms with Crippen LogP contribution >= 0.6 is 0 Å². The summed E-state index contributed by atoms with van der Waals surface area (Å²) in [5, 5.41) is 0. The van der Waals surface area contributed by atoms with Crippen LogP contribution in [0.1, 0.15) is 31.4 Å². The molecule has 0 radical (unpaired) electrons. The Morgan fingerprint density at radius 3 is 2.48 bits per heavy atom. The fourth-order valence-corrected chi connectivity index (χ4v) is 4.12. The predicted molar refractivity (Wildman–Crippen MR) is 115 cm³/mol. The second-order valence-electron chi connectivity index (χ2n) is 8.45. The molecule has 4 rings (SSSR count). The van der Waals surface area contributed by atoms with E-state index in [1.165, 1.54) is 4.90 Å². The summed E-state index contributed by atoms with van der Waals surface area (Å²) in [6, 6.07) is 9.92. The first-order chi connectivity index (χ1) is 14.8. The Bertz CT molecular complexity index is 1090. The number of carbonyl (C=O) groups is 2. The minimum absolute atomic E-state index is 0.202.